The highest BCUT2D eigenvalue weighted by molar-refractivity contribution is 5.20. The van der Waals surface area contributed by atoms with Gasteiger partial charge in [-0.25, -0.2) is 0 Å². The van der Waals surface area contributed by atoms with E-state index in [1.54, 1.807) is 0 Å². The number of nitrogens with one attached hydrogen (secondary N) is 1. The summed E-state index contributed by atoms with van der Waals surface area (Å²) in [5, 5.41) is 11.6. The second-order valence-corrected chi connectivity index (χ2v) is 2.89. The van der Waals surface area contributed by atoms with E-state index in [1.807, 2.05) is 0 Å². The Morgan fingerprint density at radius 3 is 2.38 bits per heavy atom. The Labute approximate surface area is 85.4 Å². The van der Waals surface area contributed by atoms with E-state index < -0.39 is 0 Å². The first-order valence-electron chi connectivity index (χ1n) is 4.20. The molecule has 1 rings (SSSR count). The number of aliphatic hydroxyl groups is 1. The summed E-state index contributed by atoms with van der Waals surface area (Å²) < 4.78 is 0. The standard InChI is InChI=1S/C10H15NO.ClH/c1-9-2-4-10(5-3-9)8-11-6-7-12;/h2-5,11-12H,6-8H2,1H3;1H/p-1. The van der Waals surface area contributed by atoms with Crippen LogP contribution in [0.1, 0.15) is 11.1 Å². The van der Waals surface area contributed by atoms with Gasteiger partial charge >= 0.3 is 0 Å². The van der Waals surface area contributed by atoms with Crippen LogP contribution in [0.2, 0.25) is 0 Å². The van der Waals surface area contributed by atoms with Crippen molar-refractivity contribution in [2.45, 2.75) is 13.5 Å². The second kappa shape index (κ2) is 6.89. The van der Waals surface area contributed by atoms with Gasteiger partial charge in [0.15, 0.2) is 0 Å². The van der Waals surface area contributed by atoms with Crippen molar-refractivity contribution < 1.29 is 17.5 Å². The van der Waals surface area contributed by atoms with Crippen molar-refractivity contribution in [2.75, 3.05) is 13.2 Å². The van der Waals surface area contributed by atoms with Crippen molar-refractivity contribution in [3.8, 4) is 0 Å². The quantitative estimate of drug-likeness (QED) is 0.556. The number of hydrogen-bond acceptors (Lipinski definition) is 2. The average Bonchev–Trinajstić information content (AvgIpc) is 2.09. The molecule has 1 aromatic rings. The maximum atomic E-state index is 8.53. The third kappa shape index (κ3) is 4.88. The summed E-state index contributed by atoms with van der Waals surface area (Å²) >= 11 is 0. The third-order valence-electron chi connectivity index (χ3n) is 1.74. The number of benzene rings is 1. The number of rotatable bonds is 4. The second-order valence-electron chi connectivity index (χ2n) is 2.89. The summed E-state index contributed by atoms with van der Waals surface area (Å²) in [6.45, 7) is 3.77. The molecule has 2 nitrogen and oxygen atoms in total. The monoisotopic (exact) mass is 200 g/mol. The van der Waals surface area contributed by atoms with E-state index in [0.717, 1.165) is 6.54 Å². The van der Waals surface area contributed by atoms with Gasteiger partial charge in [-0.05, 0) is 12.5 Å². The molecule has 0 unspecified atom stereocenters. The van der Waals surface area contributed by atoms with Crippen LogP contribution in [0.25, 0.3) is 0 Å². The van der Waals surface area contributed by atoms with Crippen LogP contribution in [-0.4, -0.2) is 18.3 Å². The first-order chi connectivity index (χ1) is 5.83. The van der Waals surface area contributed by atoms with Gasteiger partial charge in [0.25, 0.3) is 0 Å². The fraction of sp³-hybridized carbons (Fsp3) is 0.400. The predicted molar refractivity (Wildman–Crippen MR) is 50.0 cm³/mol. The van der Waals surface area contributed by atoms with Gasteiger partial charge in [-0.15, -0.1) is 0 Å². The highest BCUT2D eigenvalue weighted by Crippen LogP contribution is 2.01. The highest BCUT2D eigenvalue weighted by atomic mass is 35.5. The predicted octanol–water partition coefficient (Wildman–Crippen LogP) is -1.92. The molecule has 0 heterocycles. The van der Waals surface area contributed by atoms with Crippen LogP contribution in [0.4, 0.5) is 0 Å². The van der Waals surface area contributed by atoms with Gasteiger partial charge in [0.1, 0.15) is 0 Å². The van der Waals surface area contributed by atoms with E-state index in [9.17, 15) is 0 Å². The van der Waals surface area contributed by atoms with Crippen molar-refractivity contribution in [3.63, 3.8) is 0 Å². The smallest absolute Gasteiger partial charge is 0.0556 e. The van der Waals surface area contributed by atoms with Crippen molar-refractivity contribution in [3.05, 3.63) is 35.4 Å². The molecule has 0 bridgehead atoms. The lowest BCUT2D eigenvalue weighted by Gasteiger charge is -2.02. The fourth-order valence-electron chi connectivity index (χ4n) is 1.02. The van der Waals surface area contributed by atoms with Crippen LogP contribution in [0.5, 0.6) is 0 Å². The Bertz CT molecular complexity index is 223. The normalized spacial score (nSPS) is 9.38. The third-order valence-corrected chi connectivity index (χ3v) is 1.74. The van der Waals surface area contributed by atoms with E-state index in [-0.39, 0.29) is 19.0 Å². The molecule has 13 heavy (non-hydrogen) atoms. The summed E-state index contributed by atoms with van der Waals surface area (Å²) in [5.74, 6) is 0. The molecule has 1 aromatic carbocycles. The fourth-order valence-corrected chi connectivity index (χ4v) is 1.02. The summed E-state index contributed by atoms with van der Waals surface area (Å²) in [6, 6.07) is 8.38. The SMILES string of the molecule is Cc1ccc(CNCCO)cc1.[Cl-]. The van der Waals surface area contributed by atoms with Crippen LogP contribution < -0.4 is 17.7 Å². The Morgan fingerprint density at radius 1 is 1.23 bits per heavy atom. The van der Waals surface area contributed by atoms with Crippen molar-refractivity contribution in [1.82, 2.24) is 5.32 Å². The number of aliphatic hydroxyl groups excluding tert-OH is 1. The maximum Gasteiger partial charge on any atom is 0.0556 e. The van der Waals surface area contributed by atoms with E-state index in [1.165, 1.54) is 11.1 Å². The zero-order valence-electron chi connectivity index (χ0n) is 7.76. The molecule has 0 fully saturated rings. The maximum absolute atomic E-state index is 8.53. The average molecular weight is 201 g/mol. The summed E-state index contributed by atoms with van der Waals surface area (Å²) in [5.41, 5.74) is 2.54. The molecular formula is C10H15ClNO-. The van der Waals surface area contributed by atoms with Crippen LogP contribution in [0.3, 0.4) is 0 Å². The minimum absolute atomic E-state index is 0. The molecule has 0 aromatic heterocycles. The van der Waals surface area contributed by atoms with Gasteiger partial charge < -0.3 is 22.8 Å². The van der Waals surface area contributed by atoms with Gasteiger partial charge in [0.05, 0.1) is 6.61 Å². The topological polar surface area (TPSA) is 32.3 Å². The van der Waals surface area contributed by atoms with Crippen molar-refractivity contribution >= 4 is 0 Å². The van der Waals surface area contributed by atoms with Crippen LogP contribution in [0.15, 0.2) is 24.3 Å². The molecule has 0 radical (unpaired) electrons. The van der Waals surface area contributed by atoms with Gasteiger partial charge in [-0.2, -0.15) is 0 Å². The van der Waals surface area contributed by atoms with E-state index >= 15 is 0 Å². The molecule has 0 aliphatic heterocycles. The van der Waals surface area contributed by atoms with Crippen molar-refractivity contribution in [2.24, 2.45) is 0 Å². The lowest BCUT2D eigenvalue weighted by molar-refractivity contribution is -0.00000365. The zero-order valence-corrected chi connectivity index (χ0v) is 8.51. The summed E-state index contributed by atoms with van der Waals surface area (Å²) in [7, 11) is 0. The van der Waals surface area contributed by atoms with Gasteiger partial charge in [0.2, 0.25) is 0 Å². The Morgan fingerprint density at radius 2 is 1.85 bits per heavy atom. The van der Waals surface area contributed by atoms with E-state index in [0.29, 0.717) is 6.54 Å². The highest BCUT2D eigenvalue weighted by Gasteiger charge is 1.90. The minimum Gasteiger partial charge on any atom is -1.00 e. The summed E-state index contributed by atoms with van der Waals surface area (Å²) in [6.07, 6.45) is 0. The van der Waals surface area contributed by atoms with Crippen LogP contribution >= 0.6 is 0 Å². The lowest BCUT2D eigenvalue weighted by atomic mass is 10.1. The molecule has 0 aliphatic rings. The molecular weight excluding hydrogens is 186 g/mol. The Kier molecular flexibility index (Phi) is 6.59. The Balaban J connectivity index is 0.00000144. The van der Waals surface area contributed by atoms with Crippen LogP contribution in [0, 0.1) is 6.92 Å². The number of hydrogen-bond donors (Lipinski definition) is 2. The molecule has 0 amide bonds. The molecule has 3 heteroatoms. The number of halogens is 1. The van der Waals surface area contributed by atoms with Crippen molar-refractivity contribution in [1.29, 1.82) is 0 Å². The zero-order chi connectivity index (χ0) is 8.81. The van der Waals surface area contributed by atoms with Gasteiger partial charge in [-0.1, -0.05) is 29.8 Å². The Hall–Kier alpha value is -0.570. The molecule has 74 valence electrons. The lowest BCUT2D eigenvalue weighted by Crippen LogP contribution is -3.00. The molecule has 0 aliphatic carbocycles. The first-order valence-corrected chi connectivity index (χ1v) is 4.20. The van der Waals surface area contributed by atoms with Gasteiger partial charge in [0, 0.05) is 13.1 Å². The van der Waals surface area contributed by atoms with Crippen LogP contribution in [-0.2, 0) is 6.54 Å². The molecule has 2 N–H and O–H groups in total. The first kappa shape index (κ1) is 12.4. The largest absolute Gasteiger partial charge is 1.00 e. The van der Waals surface area contributed by atoms with E-state index in [2.05, 4.69) is 36.5 Å². The molecule has 0 saturated carbocycles. The molecule has 0 saturated heterocycles. The minimum atomic E-state index is 0. The summed E-state index contributed by atoms with van der Waals surface area (Å²) in [4.78, 5) is 0. The number of aryl methyl sites for hydroxylation is 1. The van der Waals surface area contributed by atoms with E-state index in [4.69, 9.17) is 5.11 Å². The van der Waals surface area contributed by atoms with Gasteiger partial charge in [-0.3, -0.25) is 0 Å². The molecule has 0 spiro atoms. The molecule has 0 atom stereocenters.